The van der Waals surface area contributed by atoms with Crippen molar-refractivity contribution in [2.75, 3.05) is 26.2 Å². The van der Waals surface area contributed by atoms with Crippen LogP contribution in [0.3, 0.4) is 0 Å². The number of hydrogen-bond donors (Lipinski definition) is 1. The first-order valence-electron chi connectivity index (χ1n) is 9.51. The zero-order valence-corrected chi connectivity index (χ0v) is 16.9. The lowest BCUT2D eigenvalue weighted by Gasteiger charge is -2.35. The van der Waals surface area contributed by atoms with Crippen molar-refractivity contribution in [2.45, 2.75) is 39.7 Å². The van der Waals surface area contributed by atoms with E-state index in [1.165, 1.54) is 0 Å². The van der Waals surface area contributed by atoms with E-state index >= 15 is 0 Å². The van der Waals surface area contributed by atoms with Gasteiger partial charge in [0.05, 0.1) is 6.42 Å². The minimum Gasteiger partial charge on any atom is -0.444 e. The van der Waals surface area contributed by atoms with Crippen molar-refractivity contribution < 1.29 is 14.3 Å². The Kier molecular flexibility index (Phi) is 5.45. The molecule has 0 spiro atoms. The highest BCUT2D eigenvalue weighted by atomic mass is 16.6. The number of fused-ring (bicyclic) bond motifs is 1. The van der Waals surface area contributed by atoms with Gasteiger partial charge in [-0.2, -0.15) is 0 Å². The summed E-state index contributed by atoms with van der Waals surface area (Å²) in [5, 5.41) is 0.914. The molecule has 1 saturated heterocycles. The second-order valence-corrected chi connectivity index (χ2v) is 8.23. The molecule has 0 unspecified atom stereocenters. The number of aromatic nitrogens is 1. The van der Waals surface area contributed by atoms with Gasteiger partial charge in [-0.25, -0.2) is 4.79 Å². The summed E-state index contributed by atoms with van der Waals surface area (Å²) in [6.07, 6.45) is -0.0425. The fourth-order valence-corrected chi connectivity index (χ4v) is 3.23. The fraction of sp³-hybridized carbons (Fsp3) is 0.476. The SMILES string of the molecule is Cc1cc2cc(CC(=O)N3CCN(C(=O)OC(C)(C)C)CC3)ccc2[nH]c1=O. The van der Waals surface area contributed by atoms with Gasteiger partial charge in [0.1, 0.15) is 5.60 Å². The predicted molar refractivity (Wildman–Crippen MR) is 107 cm³/mol. The molecule has 0 aliphatic carbocycles. The van der Waals surface area contributed by atoms with Crippen LogP contribution in [-0.2, 0) is 16.0 Å². The number of rotatable bonds is 2. The molecule has 7 heteroatoms. The van der Waals surface area contributed by atoms with Gasteiger partial charge in [-0.3, -0.25) is 9.59 Å². The van der Waals surface area contributed by atoms with Crippen LogP contribution in [0, 0.1) is 6.92 Å². The maximum Gasteiger partial charge on any atom is 0.410 e. The first-order chi connectivity index (χ1) is 13.1. The third kappa shape index (κ3) is 4.71. The molecule has 0 radical (unpaired) electrons. The maximum atomic E-state index is 12.7. The highest BCUT2D eigenvalue weighted by Gasteiger charge is 2.27. The van der Waals surface area contributed by atoms with Crippen LogP contribution in [0.15, 0.2) is 29.1 Å². The van der Waals surface area contributed by atoms with Crippen molar-refractivity contribution in [3.8, 4) is 0 Å². The first-order valence-corrected chi connectivity index (χ1v) is 9.51. The van der Waals surface area contributed by atoms with Crippen molar-refractivity contribution >= 4 is 22.9 Å². The highest BCUT2D eigenvalue weighted by molar-refractivity contribution is 5.83. The van der Waals surface area contributed by atoms with E-state index < -0.39 is 5.60 Å². The molecule has 2 amide bonds. The second kappa shape index (κ2) is 7.66. The van der Waals surface area contributed by atoms with Crippen LogP contribution < -0.4 is 5.56 Å². The van der Waals surface area contributed by atoms with E-state index in [1.807, 2.05) is 45.0 Å². The van der Waals surface area contributed by atoms with E-state index in [0.717, 1.165) is 16.5 Å². The van der Waals surface area contributed by atoms with Crippen LogP contribution in [0.5, 0.6) is 0 Å². The van der Waals surface area contributed by atoms with Crippen LogP contribution in [0.1, 0.15) is 31.9 Å². The topological polar surface area (TPSA) is 82.7 Å². The van der Waals surface area contributed by atoms with Gasteiger partial charge in [-0.1, -0.05) is 6.07 Å². The van der Waals surface area contributed by atoms with Gasteiger partial charge in [0.2, 0.25) is 5.91 Å². The van der Waals surface area contributed by atoms with Crippen molar-refractivity contribution in [3.63, 3.8) is 0 Å². The Morgan fingerprint density at radius 3 is 2.36 bits per heavy atom. The summed E-state index contributed by atoms with van der Waals surface area (Å²) in [4.78, 5) is 42.8. The second-order valence-electron chi connectivity index (χ2n) is 8.23. The van der Waals surface area contributed by atoms with E-state index in [0.29, 0.717) is 38.2 Å². The summed E-state index contributed by atoms with van der Waals surface area (Å²) < 4.78 is 5.39. The number of nitrogens with one attached hydrogen (secondary N) is 1. The molecule has 1 aromatic heterocycles. The molecular weight excluding hydrogens is 358 g/mol. The quantitative estimate of drug-likeness (QED) is 0.861. The van der Waals surface area contributed by atoms with E-state index in [-0.39, 0.29) is 17.6 Å². The van der Waals surface area contributed by atoms with Crippen molar-refractivity contribution in [1.29, 1.82) is 0 Å². The summed E-state index contributed by atoms with van der Waals surface area (Å²) in [6.45, 7) is 9.22. The number of benzene rings is 1. The van der Waals surface area contributed by atoms with Crippen molar-refractivity contribution in [1.82, 2.24) is 14.8 Å². The minimum atomic E-state index is -0.525. The summed E-state index contributed by atoms with van der Waals surface area (Å²) in [5.74, 6) is 0.0318. The zero-order valence-electron chi connectivity index (χ0n) is 16.9. The van der Waals surface area contributed by atoms with Crippen LogP contribution in [0.4, 0.5) is 4.79 Å². The average Bonchev–Trinajstić information content (AvgIpc) is 2.61. The molecule has 1 N–H and O–H groups in total. The Morgan fingerprint density at radius 1 is 1.07 bits per heavy atom. The number of amides is 2. The molecule has 7 nitrogen and oxygen atoms in total. The Morgan fingerprint density at radius 2 is 1.71 bits per heavy atom. The number of aromatic amines is 1. The normalized spacial score (nSPS) is 15.0. The maximum absolute atomic E-state index is 12.7. The van der Waals surface area contributed by atoms with E-state index in [9.17, 15) is 14.4 Å². The summed E-state index contributed by atoms with van der Waals surface area (Å²) in [5.41, 5.74) is 1.69. The van der Waals surface area contributed by atoms with Crippen molar-refractivity contribution in [3.05, 3.63) is 45.7 Å². The lowest BCUT2D eigenvalue weighted by atomic mass is 10.1. The number of carbonyl (C=O) groups excluding carboxylic acids is 2. The number of piperazine rings is 1. The third-order valence-electron chi connectivity index (χ3n) is 4.73. The Labute approximate surface area is 164 Å². The fourth-order valence-electron chi connectivity index (χ4n) is 3.23. The van der Waals surface area contributed by atoms with E-state index in [2.05, 4.69) is 4.98 Å². The Hall–Kier alpha value is -2.83. The number of nitrogens with zero attached hydrogens (tertiary/aromatic N) is 2. The molecule has 1 fully saturated rings. The molecule has 1 aliphatic rings. The zero-order chi connectivity index (χ0) is 20.5. The predicted octanol–water partition coefficient (Wildman–Crippen LogP) is 2.46. The number of H-pyrrole nitrogens is 1. The molecule has 0 bridgehead atoms. The van der Waals surface area contributed by atoms with Crippen LogP contribution in [-0.4, -0.2) is 58.6 Å². The first kappa shape index (κ1) is 19.9. The molecule has 0 saturated carbocycles. The molecular formula is C21H27N3O4. The summed E-state index contributed by atoms with van der Waals surface area (Å²) in [6, 6.07) is 7.47. The standard InChI is InChI=1S/C21H27N3O4/c1-14-11-16-12-15(5-6-17(16)22-19(14)26)13-18(25)23-7-9-24(10-8-23)20(27)28-21(2,3)4/h5-6,11-12H,7-10,13H2,1-4H3,(H,22,26). The third-order valence-corrected chi connectivity index (χ3v) is 4.73. The molecule has 3 rings (SSSR count). The van der Waals surface area contributed by atoms with Gasteiger partial charge in [0, 0.05) is 37.3 Å². The molecule has 2 heterocycles. The number of hydrogen-bond acceptors (Lipinski definition) is 4. The summed E-state index contributed by atoms with van der Waals surface area (Å²) >= 11 is 0. The van der Waals surface area contributed by atoms with Gasteiger partial charge in [0.15, 0.2) is 0 Å². The smallest absolute Gasteiger partial charge is 0.410 e. The van der Waals surface area contributed by atoms with E-state index in [4.69, 9.17) is 4.74 Å². The Balaban J connectivity index is 1.60. The monoisotopic (exact) mass is 385 g/mol. The number of ether oxygens (including phenoxy) is 1. The highest BCUT2D eigenvalue weighted by Crippen LogP contribution is 2.16. The lowest BCUT2D eigenvalue weighted by molar-refractivity contribution is -0.132. The largest absolute Gasteiger partial charge is 0.444 e. The van der Waals surface area contributed by atoms with Crippen LogP contribution in [0.25, 0.3) is 10.9 Å². The van der Waals surface area contributed by atoms with Crippen molar-refractivity contribution in [2.24, 2.45) is 0 Å². The molecule has 1 aliphatic heterocycles. The number of aryl methyl sites for hydroxylation is 1. The molecule has 150 valence electrons. The molecule has 0 atom stereocenters. The lowest BCUT2D eigenvalue weighted by Crippen LogP contribution is -2.51. The molecule has 2 aromatic rings. The average molecular weight is 385 g/mol. The minimum absolute atomic E-state index is 0.0318. The van der Waals surface area contributed by atoms with Crippen LogP contribution >= 0.6 is 0 Å². The van der Waals surface area contributed by atoms with Gasteiger partial charge < -0.3 is 19.5 Å². The summed E-state index contributed by atoms with van der Waals surface area (Å²) in [7, 11) is 0. The van der Waals surface area contributed by atoms with Gasteiger partial charge in [-0.05, 0) is 56.8 Å². The van der Waals surface area contributed by atoms with Gasteiger partial charge >= 0.3 is 6.09 Å². The van der Waals surface area contributed by atoms with Gasteiger partial charge in [0.25, 0.3) is 5.56 Å². The Bertz CT molecular complexity index is 950. The molecule has 28 heavy (non-hydrogen) atoms. The van der Waals surface area contributed by atoms with E-state index in [1.54, 1.807) is 16.7 Å². The van der Waals surface area contributed by atoms with Crippen LogP contribution in [0.2, 0.25) is 0 Å². The number of pyridine rings is 1. The van der Waals surface area contributed by atoms with Gasteiger partial charge in [-0.15, -0.1) is 0 Å². The number of carbonyl (C=O) groups is 2. The molecule has 1 aromatic carbocycles.